The smallest absolute Gasteiger partial charge is 0.303 e. The molecule has 0 radical (unpaired) electrons. The number of amides is 1. The number of carboxylic acid groups (broad SMARTS) is 1. The normalized spacial score (nSPS) is 20.9. The van der Waals surface area contributed by atoms with Gasteiger partial charge in [0.25, 0.3) is 5.91 Å². The molecule has 0 saturated carbocycles. The number of ether oxygens (including phenoxy) is 3. The van der Waals surface area contributed by atoms with E-state index in [1.54, 1.807) is 19.3 Å². The molecule has 2 fully saturated rings. The molecule has 1 aromatic carbocycles. The number of benzene rings is 1. The van der Waals surface area contributed by atoms with Crippen molar-refractivity contribution in [3.05, 3.63) is 28.7 Å². The Morgan fingerprint density at radius 3 is 2.97 bits per heavy atom. The number of thioether (sulfide) groups is 1. The first-order chi connectivity index (χ1) is 14.0. The second-order valence-corrected chi connectivity index (χ2v) is 8.32. The fourth-order valence-electron chi connectivity index (χ4n) is 3.06. The van der Waals surface area contributed by atoms with Crippen LogP contribution in [-0.4, -0.2) is 52.8 Å². The summed E-state index contributed by atoms with van der Waals surface area (Å²) in [6.45, 7) is 0.994. The van der Waals surface area contributed by atoms with E-state index >= 15 is 0 Å². The lowest BCUT2D eigenvalue weighted by atomic mass is 10.1. The molecular formula is C20H23NO6S2. The van der Waals surface area contributed by atoms with E-state index in [0.717, 1.165) is 24.8 Å². The maximum atomic E-state index is 12.6. The summed E-state index contributed by atoms with van der Waals surface area (Å²) in [6.07, 6.45) is 4.82. The van der Waals surface area contributed by atoms with Crippen LogP contribution in [0.15, 0.2) is 23.1 Å². The summed E-state index contributed by atoms with van der Waals surface area (Å²) in [5.74, 6) is 0.113. The third-order valence-corrected chi connectivity index (χ3v) is 5.92. The Hall–Kier alpha value is -2.10. The van der Waals surface area contributed by atoms with Crippen molar-refractivity contribution in [2.75, 3.05) is 20.3 Å². The first-order valence-corrected chi connectivity index (χ1v) is 10.6. The van der Waals surface area contributed by atoms with E-state index in [-0.39, 0.29) is 18.6 Å². The van der Waals surface area contributed by atoms with Gasteiger partial charge in [-0.05, 0) is 37.5 Å². The zero-order valence-corrected chi connectivity index (χ0v) is 17.7. The summed E-state index contributed by atoms with van der Waals surface area (Å²) in [5, 5.41) is 8.76. The van der Waals surface area contributed by atoms with Gasteiger partial charge in [-0.3, -0.25) is 14.5 Å². The molecule has 2 saturated heterocycles. The number of carboxylic acids is 1. The highest BCUT2D eigenvalue weighted by Gasteiger charge is 2.32. The molecule has 156 valence electrons. The molecule has 3 rings (SSSR count). The number of hydrogen-bond donors (Lipinski definition) is 1. The van der Waals surface area contributed by atoms with Gasteiger partial charge in [0.1, 0.15) is 15.8 Å². The number of rotatable bonds is 8. The van der Waals surface area contributed by atoms with Crippen LogP contribution in [-0.2, 0) is 14.3 Å². The zero-order chi connectivity index (χ0) is 20.8. The summed E-state index contributed by atoms with van der Waals surface area (Å²) in [4.78, 5) is 25.2. The second kappa shape index (κ2) is 10.1. The molecule has 29 heavy (non-hydrogen) atoms. The van der Waals surface area contributed by atoms with Gasteiger partial charge in [-0.25, -0.2) is 0 Å². The highest BCUT2D eigenvalue weighted by molar-refractivity contribution is 8.26. The number of nitrogens with zero attached hydrogens (tertiary/aromatic N) is 1. The summed E-state index contributed by atoms with van der Waals surface area (Å²) in [7, 11) is 1.56. The molecule has 2 heterocycles. The minimum atomic E-state index is -0.892. The Morgan fingerprint density at radius 2 is 2.28 bits per heavy atom. The van der Waals surface area contributed by atoms with Crippen molar-refractivity contribution in [2.24, 2.45) is 0 Å². The topological polar surface area (TPSA) is 85.3 Å². The third kappa shape index (κ3) is 5.71. The van der Waals surface area contributed by atoms with Gasteiger partial charge in [-0.1, -0.05) is 24.0 Å². The molecule has 7 nitrogen and oxygen atoms in total. The minimum Gasteiger partial charge on any atom is -0.496 e. The van der Waals surface area contributed by atoms with Gasteiger partial charge >= 0.3 is 5.97 Å². The van der Waals surface area contributed by atoms with Gasteiger partial charge in [0.15, 0.2) is 6.29 Å². The molecule has 1 atom stereocenters. The average Bonchev–Trinajstić information content (AvgIpc) is 2.97. The van der Waals surface area contributed by atoms with Crippen LogP contribution >= 0.6 is 24.0 Å². The van der Waals surface area contributed by atoms with Crippen LogP contribution in [0.25, 0.3) is 6.08 Å². The van der Waals surface area contributed by atoms with Crippen LogP contribution in [0.3, 0.4) is 0 Å². The Kier molecular flexibility index (Phi) is 7.51. The van der Waals surface area contributed by atoms with E-state index in [2.05, 4.69) is 0 Å². The van der Waals surface area contributed by atoms with E-state index in [1.807, 2.05) is 12.1 Å². The Labute approximate surface area is 179 Å². The van der Waals surface area contributed by atoms with Gasteiger partial charge < -0.3 is 19.3 Å². The van der Waals surface area contributed by atoms with Gasteiger partial charge in [-0.15, -0.1) is 0 Å². The van der Waals surface area contributed by atoms with Crippen molar-refractivity contribution in [2.45, 2.75) is 38.4 Å². The lowest BCUT2D eigenvalue weighted by molar-refractivity contribution is -0.137. The van der Waals surface area contributed by atoms with Crippen molar-refractivity contribution >= 4 is 46.3 Å². The first-order valence-electron chi connectivity index (χ1n) is 9.41. The Balaban J connectivity index is 1.70. The average molecular weight is 438 g/mol. The number of hydrogen-bond acceptors (Lipinski definition) is 7. The third-order valence-electron chi connectivity index (χ3n) is 4.54. The zero-order valence-electron chi connectivity index (χ0n) is 16.1. The second-order valence-electron chi connectivity index (χ2n) is 6.65. The molecule has 2 aliphatic heterocycles. The van der Waals surface area contributed by atoms with Crippen molar-refractivity contribution in [3.63, 3.8) is 0 Å². The van der Waals surface area contributed by atoms with E-state index in [0.29, 0.717) is 40.3 Å². The van der Waals surface area contributed by atoms with Crippen LogP contribution in [0.5, 0.6) is 11.5 Å². The maximum absolute atomic E-state index is 12.6. The Bertz CT molecular complexity index is 819. The molecule has 2 aliphatic rings. The van der Waals surface area contributed by atoms with Crippen molar-refractivity contribution in [1.82, 2.24) is 4.90 Å². The fourth-order valence-corrected chi connectivity index (χ4v) is 4.36. The summed E-state index contributed by atoms with van der Waals surface area (Å²) in [6, 6.07) is 5.42. The van der Waals surface area contributed by atoms with E-state index in [9.17, 15) is 9.59 Å². The molecule has 0 spiro atoms. The molecule has 0 aromatic heterocycles. The standard InChI is InChI=1S/C20H23NO6S2/c1-25-15-12-14(27-18-6-2-3-10-26-18)8-7-13(15)11-16-19(24)21(20(28)29-16)9-4-5-17(22)23/h7-8,11-12,18H,2-6,9-10H2,1H3,(H,22,23)/b16-11-. The number of aliphatic carboxylic acids is 1. The summed E-state index contributed by atoms with van der Waals surface area (Å²) in [5.41, 5.74) is 0.732. The number of methoxy groups -OCH3 is 1. The van der Waals surface area contributed by atoms with E-state index in [1.165, 1.54) is 16.7 Å². The molecule has 9 heteroatoms. The molecule has 1 N–H and O–H groups in total. The lowest BCUT2D eigenvalue weighted by Gasteiger charge is -2.23. The van der Waals surface area contributed by atoms with Crippen LogP contribution < -0.4 is 9.47 Å². The van der Waals surface area contributed by atoms with Gasteiger partial charge in [0.05, 0.1) is 18.6 Å². The van der Waals surface area contributed by atoms with Crippen LogP contribution in [0.1, 0.15) is 37.7 Å². The molecular weight excluding hydrogens is 414 g/mol. The molecule has 0 bridgehead atoms. The monoisotopic (exact) mass is 437 g/mol. The van der Waals surface area contributed by atoms with E-state index in [4.69, 9.17) is 31.5 Å². The lowest BCUT2D eigenvalue weighted by Crippen LogP contribution is -2.29. The highest BCUT2D eigenvalue weighted by Crippen LogP contribution is 2.35. The quantitative estimate of drug-likeness (QED) is 0.487. The first kappa shape index (κ1) is 21.6. The fraction of sp³-hybridized carbons (Fsp3) is 0.450. The molecule has 1 unspecified atom stereocenters. The van der Waals surface area contributed by atoms with E-state index < -0.39 is 5.97 Å². The molecule has 0 aliphatic carbocycles. The molecule has 1 aromatic rings. The maximum Gasteiger partial charge on any atom is 0.303 e. The number of carbonyl (C=O) groups is 2. The van der Waals surface area contributed by atoms with Gasteiger partial charge in [0.2, 0.25) is 0 Å². The predicted octanol–water partition coefficient (Wildman–Crippen LogP) is 3.67. The predicted molar refractivity (Wildman–Crippen MR) is 114 cm³/mol. The summed E-state index contributed by atoms with van der Waals surface area (Å²) >= 11 is 6.48. The van der Waals surface area contributed by atoms with Crippen LogP contribution in [0.2, 0.25) is 0 Å². The summed E-state index contributed by atoms with van der Waals surface area (Å²) < 4.78 is 17.4. The van der Waals surface area contributed by atoms with Crippen molar-refractivity contribution < 1.29 is 28.9 Å². The largest absolute Gasteiger partial charge is 0.496 e. The van der Waals surface area contributed by atoms with Crippen LogP contribution in [0.4, 0.5) is 0 Å². The van der Waals surface area contributed by atoms with Crippen molar-refractivity contribution in [1.29, 1.82) is 0 Å². The molecule has 1 amide bonds. The highest BCUT2D eigenvalue weighted by atomic mass is 32.2. The van der Waals surface area contributed by atoms with Crippen LogP contribution in [0, 0.1) is 0 Å². The van der Waals surface area contributed by atoms with Crippen molar-refractivity contribution in [3.8, 4) is 11.5 Å². The van der Waals surface area contributed by atoms with Gasteiger partial charge in [-0.2, -0.15) is 0 Å². The minimum absolute atomic E-state index is 0.00387. The van der Waals surface area contributed by atoms with Gasteiger partial charge in [0, 0.05) is 31.0 Å². The number of carbonyl (C=O) groups excluding carboxylic acids is 1. The Morgan fingerprint density at radius 1 is 1.45 bits per heavy atom. The SMILES string of the molecule is COc1cc(OC2CCCCO2)ccc1/C=C1\SC(=S)N(CCCC(=O)O)C1=O. The number of thiocarbonyl (C=S) groups is 1.